The number of carbonyl (C=O) groups excluding carboxylic acids is 2. The fourth-order valence-corrected chi connectivity index (χ4v) is 6.05. The second-order valence-electron chi connectivity index (χ2n) is 11.6. The van der Waals surface area contributed by atoms with Crippen LogP contribution in [0, 0.1) is 11.3 Å². The monoisotopic (exact) mass is 543 g/mol. The highest BCUT2D eigenvalue weighted by atomic mass is 35.5. The summed E-state index contributed by atoms with van der Waals surface area (Å²) in [4.78, 5) is 31.8. The Morgan fingerprint density at radius 1 is 0.865 bits per heavy atom. The maximum atomic E-state index is 13.6. The number of piperidine rings is 1. The lowest BCUT2D eigenvalue weighted by molar-refractivity contribution is -0.141. The van der Waals surface area contributed by atoms with Gasteiger partial charge in [0.05, 0.1) is 6.04 Å². The van der Waals surface area contributed by atoms with Gasteiger partial charge in [-0.3, -0.25) is 14.5 Å². The molecule has 0 N–H and O–H groups in total. The van der Waals surface area contributed by atoms with Gasteiger partial charge in [-0.15, -0.1) is 0 Å². The second kappa shape index (κ2) is 11.8. The summed E-state index contributed by atoms with van der Waals surface area (Å²) in [7, 11) is 0. The van der Waals surface area contributed by atoms with E-state index in [1.54, 1.807) is 6.92 Å². The molecule has 0 saturated carbocycles. The molecule has 2 aromatic carbocycles. The molecule has 2 amide bonds. The molecular weight excluding hydrogens is 505 g/mol. The Labute approximate surface area is 231 Å². The summed E-state index contributed by atoms with van der Waals surface area (Å²) in [6.45, 7) is 12.1. The standard InChI is InChI=1S/C30H39Cl2N3O2/c1-21(36)33-15-13-22(14-16-33)19-28(37)35-18-17-34(20-27(35)30(2,3)4)29(23-5-9-25(31)10-6-23)24-7-11-26(32)12-8-24/h5-12,22,27,29H,13-20H2,1-4H3. The fourth-order valence-electron chi connectivity index (χ4n) is 5.80. The lowest BCUT2D eigenvalue weighted by Crippen LogP contribution is -2.60. The van der Waals surface area contributed by atoms with E-state index in [2.05, 4.69) is 54.8 Å². The Morgan fingerprint density at radius 2 is 1.38 bits per heavy atom. The first-order valence-corrected chi connectivity index (χ1v) is 14.1. The van der Waals surface area contributed by atoms with Gasteiger partial charge in [0.2, 0.25) is 11.8 Å². The predicted molar refractivity (Wildman–Crippen MR) is 151 cm³/mol. The largest absolute Gasteiger partial charge is 0.343 e. The molecule has 1 atom stereocenters. The summed E-state index contributed by atoms with van der Waals surface area (Å²) in [5, 5.41) is 1.44. The van der Waals surface area contributed by atoms with Crippen molar-refractivity contribution >= 4 is 35.0 Å². The van der Waals surface area contributed by atoms with E-state index >= 15 is 0 Å². The smallest absolute Gasteiger partial charge is 0.223 e. The summed E-state index contributed by atoms with van der Waals surface area (Å²) in [5.74, 6) is 0.720. The Hall–Kier alpha value is -2.08. The topological polar surface area (TPSA) is 43.9 Å². The Kier molecular flexibility index (Phi) is 8.88. The first kappa shape index (κ1) is 27.9. The number of rotatable bonds is 5. The number of amides is 2. The van der Waals surface area contributed by atoms with Gasteiger partial charge in [-0.2, -0.15) is 0 Å². The Bertz CT molecular complexity index is 1030. The molecule has 0 radical (unpaired) electrons. The van der Waals surface area contributed by atoms with Crippen molar-refractivity contribution < 1.29 is 9.59 Å². The van der Waals surface area contributed by atoms with Crippen molar-refractivity contribution in [3.63, 3.8) is 0 Å². The minimum atomic E-state index is -0.0726. The van der Waals surface area contributed by atoms with Gasteiger partial charge in [0.25, 0.3) is 0 Å². The molecule has 4 rings (SSSR count). The third-order valence-corrected chi connectivity index (χ3v) is 8.50. The molecule has 5 nitrogen and oxygen atoms in total. The third kappa shape index (κ3) is 6.87. The fraction of sp³-hybridized carbons (Fsp3) is 0.533. The highest BCUT2D eigenvalue weighted by Gasteiger charge is 2.40. The molecule has 2 fully saturated rings. The van der Waals surface area contributed by atoms with Crippen molar-refractivity contribution in [2.24, 2.45) is 11.3 Å². The first-order valence-electron chi connectivity index (χ1n) is 13.3. The maximum Gasteiger partial charge on any atom is 0.223 e. The van der Waals surface area contributed by atoms with E-state index in [1.807, 2.05) is 29.2 Å². The van der Waals surface area contributed by atoms with Crippen LogP contribution in [0.25, 0.3) is 0 Å². The molecule has 1 unspecified atom stereocenters. The zero-order valence-corrected chi connectivity index (χ0v) is 23.9. The average Bonchev–Trinajstić information content (AvgIpc) is 2.86. The van der Waals surface area contributed by atoms with Crippen molar-refractivity contribution in [3.8, 4) is 0 Å². The quantitative estimate of drug-likeness (QED) is 0.445. The van der Waals surface area contributed by atoms with Crippen LogP contribution in [0.3, 0.4) is 0 Å². The molecule has 0 aromatic heterocycles. The molecule has 37 heavy (non-hydrogen) atoms. The van der Waals surface area contributed by atoms with Crippen LogP contribution >= 0.6 is 23.2 Å². The number of piperazine rings is 1. The minimum Gasteiger partial charge on any atom is -0.343 e. The van der Waals surface area contributed by atoms with Crippen LogP contribution < -0.4 is 0 Å². The molecule has 2 aliphatic rings. The number of halogens is 2. The molecule has 0 spiro atoms. The molecule has 200 valence electrons. The van der Waals surface area contributed by atoms with Crippen molar-refractivity contribution in [3.05, 3.63) is 69.7 Å². The van der Waals surface area contributed by atoms with E-state index in [0.29, 0.717) is 18.9 Å². The van der Waals surface area contributed by atoms with Gasteiger partial charge < -0.3 is 9.80 Å². The Morgan fingerprint density at radius 3 is 1.84 bits per heavy atom. The van der Waals surface area contributed by atoms with Crippen molar-refractivity contribution in [2.45, 2.75) is 59.0 Å². The first-order chi connectivity index (χ1) is 17.5. The number of nitrogens with zero attached hydrogens (tertiary/aromatic N) is 3. The minimum absolute atomic E-state index is 0.0487. The van der Waals surface area contributed by atoms with Crippen LogP contribution in [0.15, 0.2) is 48.5 Å². The van der Waals surface area contributed by atoms with E-state index in [9.17, 15) is 9.59 Å². The van der Waals surface area contributed by atoms with Gasteiger partial charge in [-0.1, -0.05) is 68.2 Å². The van der Waals surface area contributed by atoms with Gasteiger partial charge in [-0.25, -0.2) is 0 Å². The SMILES string of the molecule is CC(=O)N1CCC(CC(=O)N2CCN(C(c3ccc(Cl)cc3)c3ccc(Cl)cc3)CC2C(C)(C)C)CC1. The van der Waals surface area contributed by atoms with Gasteiger partial charge in [0, 0.05) is 62.2 Å². The van der Waals surface area contributed by atoms with Crippen molar-refractivity contribution in [2.75, 3.05) is 32.7 Å². The lowest BCUT2D eigenvalue weighted by atomic mass is 9.82. The summed E-state index contributed by atoms with van der Waals surface area (Å²) in [5.41, 5.74) is 2.28. The van der Waals surface area contributed by atoms with E-state index in [1.165, 1.54) is 11.1 Å². The van der Waals surface area contributed by atoms with Crippen molar-refractivity contribution in [1.82, 2.24) is 14.7 Å². The number of likely N-dealkylation sites (tertiary alicyclic amines) is 1. The van der Waals surface area contributed by atoms with E-state index in [-0.39, 0.29) is 29.3 Å². The molecule has 0 aliphatic carbocycles. The molecule has 2 aliphatic heterocycles. The van der Waals surface area contributed by atoms with Crippen molar-refractivity contribution in [1.29, 1.82) is 0 Å². The normalized spacial score (nSPS) is 19.9. The van der Waals surface area contributed by atoms with Gasteiger partial charge in [0.1, 0.15) is 0 Å². The molecule has 0 bridgehead atoms. The average molecular weight is 545 g/mol. The molecular formula is C30H39Cl2N3O2. The van der Waals surface area contributed by atoms with Crippen LogP contribution in [-0.2, 0) is 9.59 Å². The molecule has 2 heterocycles. The molecule has 7 heteroatoms. The van der Waals surface area contributed by atoms with E-state index < -0.39 is 0 Å². The third-order valence-electron chi connectivity index (χ3n) is 7.99. The van der Waals surface area contributed by atoms with Gasteiger partial charge in [-0.05, 0) is 59.6 Å². The summed E-state index contributed by atoms with van der Waals surface area (Å²) >= 11 is 12.4. The Balaban J connectivity index is 1.53. The summed E-state index contributed by atoms with van der Waals surface area (Å²) < 4.78 is 0. The van der Waals surface area contributed by atoms with Crippen LogP contribution in [0.4, 0.5) is 0 Å². The number of hydrogen-bond acceptors (Lipinski definition) is 3. The van der Waals surface area contributed by atoms with Gasteiger partial charge in [0.15, 0.2) is 0 Å². The van der Waals surface area contributed by atoms with Gasteiger partial charge >= 0.3 is 0 Å². The maximum absolute atomic E-state index is 13.6. The highest BCUT2D eigenvalue weighted by Crippen LogP contribution is 2.36. The van der Waals surface area contributed by atoms with Crippen LogP contribution in [0.1, 0.15) is 64.1 Å². The second-order valence-corrected chi connectivity index (χ2v) is 12.5. The number of hydrogen-bond donors (Lipinski definition) is 0. The van der Waals surface area contributed by atoms with E-state index in [4.69, 9.17) is 23.2 Å². The van der Waals surface area contributed by atoms with E-state index in [0.717, 1.165) is 49.1 Å². The zero-order chi connectivity index (χ0) is 26.7. The number of carbonyl (C=O) groups is 2. The summed E-state index contributed by atoms with van der Waals surface area (Å²) in [6.07, 6.45) is 2.37. The predicted octanol–water partition coefficient (Wildman–Crippen LogP) is 6.29. The van der Waals surface area contributed by atoms with Crippen LogP contribution in [0.2, 0.25) is 10.0 Å². The lowest BCUT2D eigenvalue weighted by Gasteiger charge is -2.50. The highest BCUT2D eigenvalue weighted by molar-refractivity contribution is 6.30. The number of benzene rings is 2. The van der Waals surface area contributed by atoms with Crippen LogP contribution in [-0.4, -0.2) is 65.3 Å². The van der Waals surface area contributed by atoms with Crippen LogP contribution in [0.5, 0.6) is 0 Å². The molecule has 2 aromatic rings. The summed E-state index contributed by atoms with van der Waals surface area (Å²) in [6, 6.07) is 16.3. The molecule has 2 saturated heterocycles. The zero-order valence-electron chi connectivity index (χ0n) is 22.4.